The third-order valence-corrected chi connectivity index (χ3v) is 6.29. The average Bonchev–Trinajstić information content (AvgIpc) is 2.79. The van der Waals surface area contributed by atoms with Gasteiger partial charge in [-0.25, -0.2) is 9.37 Å². The molecule has 1 aromatic carbocycles. The fourth-order valence-electron chi connectivity index (χ4n) is 4.59. The highest BCUT2D eigenvalue weighted by molar-refractivity contribution is 5.92. The molecule has 5 nitrogen and oxygen atoms in total. The minimum absolute atomic E-state index is 0.0634. The minimum atomic E-state index is -0.227. The smallest absolute Gasteiger partial charge is 0.270 e. The molecule has 0 unspecified atom stereocenters. The maximum absolute atomic E-state index is 13.8. The summed E-state index contributed by atoms with van der Waals surface area (Å²) in [5.74, 6) is 1.07. The third kappa shape index (κ3) is 4.84. The first kappa shape index (κ1) is 21.2. The molecular formula is C25H28FN3O2. The van der Waals surface area contributed by atoms with Gasteiger partial charge >= 0.3 is 0 Å². The molecule has 2 heterocycles. The molecule has 1 atom stereocenters. The maximum atomic E-state index is 13.8. The molecule has 162 valence electrons. The van der Waals surface area contributed by atoms with Crippen molar-refractivity contribution in [3.63, 3.8) is 0 Å². The summed E-state index contributed by atoms with van der Waals surface area (Å²) in [5.41, 5.74) is 2.41. The van der Waals surface area contributed by atoms with Gasteiger partial charge < -0.3 is 10.1 Å². The number of nitrogens with one attached hydrogen (secondary N) is 1. The second kappa shape index (κ2) is 9.41. The molecule has 0 bridgehead atoms. The summed E-state index contributed by atoms with van der Waals surface area (Å²) in [4.78, 5) is 21.2. The van der Waals surface area contributed by atoms with Crippen LogP contribution in [0.2, 0.25) is 0 Å². The van der Waals surface area contributed by atoms with E-state index in [4.69, 9.17) is 4.74 Å². The van der Waals surface area contributed by atoms with E-state index in [9.17, 15) is 9.18 Å². The van der Waals surface area contributed by atoms with Crippen molar-refractivity contribution in [3.05, 3.63) is 65.9 Å². The van der Waals surface area contributed by atoms with Crippen molar-refractivity contribution in [2.75, 3.05) is 6.61 Å². The molecule has 3 aromatic rings. The molecule has 1 aliphatic carbocycles. The lowest BCUT2D eigenvalue weighted by Gasteiger charge is -2.33. The number of benzene rings is 1. The van der Waals surface area contributed by atoms with Crippen molar-refractivity contribution in [2.45, 2.75) is 51.5 Å². The topological polar surface area (TPSA) is 64.1 Å². The molecule has 1 aliphatic rings. The Morgan fingerprint density at radius 2 is 1.97 bits per heavy atom. The summed E-state index contributed by atoms with van der Waals surface area (Å²) >= 11 is 0. The van der Waals surface area contributed by atoms with Crippen LogP contribution >= 0.6 is 0 Å². The van der Waals surface area contributed by atoms with E-state index in [2.05, 4.69) is 22.2 Å². The van der Waals surface area contributed by atoms with E-state index >= 15 is 0 Å². The predicted octanol–water partition coefficient (Wildman–Crippen LogP) is 5.26. The lowest BCUT2D eigenvalue weighted by Crippen LogP contribution is -2.39. The Hall–Kier alpha value is -3.02. The molecule has 0 saturated heterocycles. The quantitative estimate of drug-likeness (QED) is 0.590. The molecule has 0 aliphatic heterocycles. The van der Waals surface area contributed by atoms with Crippen molar-refractivity contribution in [2.24, 2.45) is 5.92 Å². The van der Waals surface area contributed by atoms with Gasteiger partial charge in [0.15, 0.2) is 0 Å². The van der Waals surface area contributed by atoms with Gasteiger partial charge in [0.05, 0.1) is 18.3 Å². The van der Waals surface area contributed by atoms with Crippen LogP contribution in [-0.4, -0.2) is 28.5 Å². The summed E-state index contributed by atoms with van der Waals surface area (Å²) in [6.45, 7) is 4.54. The van der Waals surface area contributed by atoms with Gasteiger partial charge in [0.25, 0.3) is 5.91 Å². The van der Waals surface area contributed by atoms with Crippen LogP contribution in [0.25, 0.3) is 10.9 Å². The van der Waals surface area contributed by atoms with Gasteiger partial charge in [-0.1, -0.05) is 0 Å². The zero-order chi connectivity index (χ0) is 21.8. The summed E-state index contributed by atoms with van der Waals surface area (Å²) in [5, 5.41) is 4.02. The number of halogens is 1. The van der Waals surface area contributed by atoms with Gasteiger partial charge in [0, 0.05) is 17.6 Å². The van der Waals surface area contributed by atoms with Crippen LogP contribution in [0.5, 0.6) is 5.75 Å². The monoisotopic (exact) mass is 421 g/mol. The van der Waals surface area contributed by atoms with E-state index < -0.39 is 0 Å². The molecule has 1 fully saturated rings. The molecule has 4 rings (SSSR count). The number of rotatable bonds is 6. The second-order valence-electron chi connectivity index (χ2n) is 8.25. The number of nitrogens with zero attached hydrogens (tertiary/aromatic N) is 2. The molecule has 2 aromatic heterocycles. The maximum Gasteiger partial charge on any atom is 0.270 e. The Morgan fingerprint density at radius 1 is 1.16 bits per heavy atom. The Morgan fingerprint density at radius 3 is 2.68 bits per heavy atom. The lowest BCUT2D eigenvalue weighted by atomic mass is 9.75. The number of fused-ring (bicyclic) bond motifs is 1. The number of hydrogen-bond donors (Lipinski definition) is 1. The Balaban J connectivity index is 1.36. The Kier molecular flexibility index (Phi) is 6.44. The molecule has 0 spiro atoms. The number of carbonyl (C=O) groups excluding carboxylic acids is 1. The predicted molar refractivity (Wildman–Crippen MR) is 119 cm³/mol. The standard InChI is InChI=1S/C25H28FN3O2/c1-3-31-20-9-11-24(28-15-20)25(30)29-16(2)17-4-6-18(7-5-17)21-12-13-27-23-10-8-19(26)14-22(21)23/h8-18H,3-7H2,1-2H3,(H,29,30)/t16-,17-,18+/m1/s1. The molecular weight excluding hydrogens is 393 g/mol. The van der Waals surface area contributed by atoms with Gasteiger partial charge in [-0.3, -0.25) is 9.78 Å². The minimum Gasteiger partial charge on any atom is -0.492 e. The van der Waals surface area contributed by atoms with Gasteiger partial charge in [-0.15, -0.1) is 0 Å². The number of ether oxygens (including phenoxy) is 1. The van der Waals surface area contributed by atoms with Gasteiger partial charge in [-0.05, 0) is 93.3 Å². The zero-order valence-electron chi connectivity index (χ0n) is 18.0. The molecule has 0 radical (unpaired) electrons. The second-order valence-corrected chi connectivity index (χ2v) is 8.25. The number of aromatic nitrogens is 2. The van der Waals surface area contributed by atoms with E-state index in [1.807, 2.05) is 19.2 Å². The van der Waals surface area contributed by atoms with E-state index in [1.165, 1.54) is 11.6 Å². The first-order chi connectivity index (χ1) is 15.0. The SMILES string of the molecule is CCOc1ccc(C(=O)N[C@H](C)[C@H]2CC[C@@H](c3ccnc4ccc(F)cc43)CC2)nc1. The highest BCUT2D eigenvalue weighted by Gasteiger charge is 2.28. The first-order valence-corrected chi connectivity index (χ1v) is 11.0. The largest absolute Gasteiger partial charge is 0.492 e. The Labute approximate surface area is 182 Å². The summed E-state index contributed by atoms with van der Waals surface area (Å²) in [6, 6.07) is 10.3. The number of amides is 1. The van der Waals surface area contributed by atoms with Crippen LogP contribution < -0.4 is 10.1 Å². The van der Waals surface area contributed by atoms with Crippen molar-refractivity contribution in [1.29, 1.82) is 0 Å². The third-order valence-electron chi connectivity index (χ3n) is 6.29. The normalized spacial score (nSPS) is 19.7. The fourth-order valence-corrected chi connectivity index (χ4v) is 4.59. The van der Waals surface area contributed by atoms with Crippen molar-refractivity contribution in [3.8, 4) is 5.75 Å². The molecule has 1 N–H and O–H groups in total. The Bertz CT molecular complexity index is 1050. The molecule has 1 amide bonds. The number of hydrogen-bond acceptors (Lipinski definition) is 4. The van der Waals surface area contributed by atoms with Crippen molar-refractivity contribution in [1.82, 2.24) is 15.3 Å². The number of pyridine rings is 2. The van der Waals surface area contributed by atoms with Crippen LogP contribution in [0.15, 0.2) is 48.8 Å². The summed E-state index contributed by atoms with van der Waals surface area (Å²) in [7, 11) is 0. The van der Waals surface area contributed by atoms with E-state index in [-0.39, 0.29) is 17.8 Å². The summed E-state index contributed by atoms with van der Waals surface area (Å²) < 4.78 is 19.2. The van der Waals surface area contributed by atoms with Crippen LogP contribution in [0.1, 0.15) is 61.5 Å². The zero-order valence-corrected chi connectivity index (χ0v) is 18.0. The highest BCUT2D eigenvalue weighted by atomic mass is 19.1. The summed E-state index contributed by atoms with van der Waals surface area (Å²) in [6.07, 6.45) is 7.46. The van der Waals surface area contributed by atoms with E-state index in [1.54, 1.807) is 30.5 Å². The lowest BCUT2D eigenvalue weighted by molar-refractivity contribution is 0.0912. The van der Waals surface area contributed by atoms with E-state index in [0.29, 0.717) is 29.9 Å². The van der Waals surface area contributed by atoms with Gasteiger partial charge in [-0.2, -0.15) is 0 Å². The van der Waals surface area contributed by atoms with E-state index in [0.717, 1.165) is 36.6 Å². The van der Waals surface area contributed by atoms with Crippen LogP contribution in [0, 0.1) is 11.7 Å². The van der Waals surface area contributed by atoms with Crippen molar-refractivity contribution < 1.29 is 13.9 Å². The van der Waals surface area contributed by atoms with Crippen molar-refractivity contribution >= 4 is 16.8 Å². The molecule has 1 saturated carbocycles. The molecule has 31 heavy (non-hydrogen) atoms. The number of carbonyl (C=O) groups is 1. The van der Waals surface area contributed by atoms with Gasteiger partial charge in [0.2, 0.25) is 0 Å². The average molecular weight is 422 g/mol. The van der Waals surface area contributed by atoms with Crippen LogP contribution in [0.3, 0.4) is 0 Å². The molecule has 6 heteroatoms. The highest BCUT2D eigenvalue weighted by Crippen LogP contribution is 2.39. The van der Waals surface area contributed by atoms with Gasteiger partial charge in [0.1, 0.15) is 17.3 Å². The van der Waals surface area contributed by atoms with Crippen LogP contribution in [-0.2, 0) is 0 Å². The van der Waals surface area contributed by atoms with Crippen LogP contribution in [0.4, 0.5) is 4.39 Å². The first-order valence-electron chi connectivity index (χ1n) is 11.0. The fraction of sp³-hybridized carbons (Fsp3) is 0.400.